The van der Waals surface area contributed by atoms with E-state index in [1.54, 1.807) is 0 Å². The van der Waals surface area contributed by atoms with Gasteiger partial charge in [-0.25, -0.2) is 0 Å². The second kappa shape index (κ2) is 5.49. The van der Waals surface area contributed by atoms with Gasteiger partial charge in [0.2, 0.25) is 0 Å². The van der Waals surface area contributed by atoms with Crippen LogP contribution in [0.3, 0.4) is 0 Å². The second-order valence-corrected chi connectivity index (χ2v) is 4.59. The van der Waals surface area contributed by atoms with Crippen molar-refractivity contribution in [1.29, 1.82) is 5.26 Å². The van der Waals surface area contributed by atoms with E-state index in [4.69, 9.17) is 5.26 Å². The largest absolute Gasteiger partial charge is 0.356 e. The van der Waals surface area contributed by atoms with Gasteiger partial charge in [0.05, 0.1) is 11.8 Å². The molecule has 0 radical (unpaired) electrons. The Bertz CT molecular complexity index is 601. The van der Waals surface area contributed by atoms with Gasteiger partial charge in [0.15, 0.2) is 0 Å². The molecule has 0 aliphatic rings. The number of benzene rings is 1. The van der Waals surface area contributed by atoms with Gasteiger partial charge in [-0.2, -0.15) is 5.26 Å². The van der Waals surface area contributed by atoms with Gasteiger partial charge >= 0.3 is 0 Å². The van der Waals surface area contributed by atoms with E-state index in [0.717, 1.165) is 11.3 Å². The predicted molar refractivity (Wildman–Crippen MR) is 75.8 cm³/mol. The summed E-state index contributed by atoms with van der Waals surface area (Å²) < 4.78 is 0. The van der Waals surface area contributed by atoms with Crippen LogP contribution in [0.1, 0.15) is 16.7 Å². The lowest BCUT2D eigenvalue weighted by atomic mass is 9.97. The van der Waals surface area contributed by atoms with Crippen molar-refractivity contribution < 1.29 is 0 Å². The third-order valence-corrected chi connectivity index (χ3v) is 2.95. The first-order valence-electron chi connectivity index (χ1n) is 6.14. The fraction of sp³-hybridized carbons (Fsp3) is 0.267. The molecule has 96 valence electrons. The van der Waals surface area contributed by atoms with Crippen molar-refractivity contribution in [3.8, 4) is 17.3 Å². The topological polar surface area (TPSA) is 61.6 Å². The summed E-state index contributed by atoms with van der Waals surface area (Å²) in [7, 11) is 0. The zero-order valence-electron chi connectivity index (χ0n) is 11.4. The van der Waals surface area contributed by atoms with Crippen molar-refractivity contribution in [3.63, 3.8) is 0 Å². The van der Waals surface area contributed by atoms with E-state index in [2.05, 4.69) is 48.4 Å². The summed E-state index contributed by atoms with van der Waals surface area (Å²) in [4.78, 5) is 0. The van der Waals surface area contributed by atoms with Crippen LogP contribution in [0.15, 0.2) is 24.3 Å². The Morgan fingerprint density at radius 1 is 1.11 bits per heavy atom. The summed E-state index contributed by atoms with van der Waals surface area (Å²) in [5.74, 6) is 0.618. The van der Waals surface area contributed by atoms with Crippen molar-refractivity contribution in [2.24, 2.45) is 0 Å². The van der Waals surface area contributed by atoms with E-state index in [-0.39, 0.29) is 6.54 Å². The first-order chi connectivity index (χ1) is 9.11. The molecule has 0 aliphatic carbocycles. The summed E-state index contributed by atoms with van der Waals surface area (Å²) in [5.41, 5.74) is 5.63. The van der Waals surface area contributed by atoms with Crippen molar-refractivity contribution in [2.75, 3.05) is 11.9 Å². The van der Waals surface area contributed by atoms with E-state index in [1.807, 2.05) is 18.2 Å². The number of hydrogen-bond donors (Lipinski definition) is 1. The molecule has 0 unspecified atom stereocenters. The molecule has 2 rings (SSSR count). The monoisotopic (exact) mass is 252 g/mol. The molecular formula is C15H16N4. The molecule has 1 aromatic heterocycles. The number of nitrogens with zero attached hydrogens (tertiary/aromatic N) is 3. The molecule has 0 amide bonds. The number of anilines is 1. The van der Waals surface area contributed by atoms with Gasteiger partial charge in [0, 0.05) is 5.56 Å². The van der Waals surface area contributed by atoms with Crippen LogP contribution in [-0.2, 0) is 0 Å². The highest BCUT2D eigenvalue weighted by atomic mass is 15.2. The first kappa shape index (κ1) is 13.0. The van der Waals surface area contributed by atoms with Crippen molar-refractivity contribution in [1.82, 2.24) is 10.2 Å². The quantitative estimate of drug-likeness (QED) is 0.853. The van der Waals surface area contributed by atoms with Crippen molar-refractivity contribution >= 4 is 5.82 Å². The molecule has 0 atom stereocenters. The number of nitrogens with one attached hydrogen (secondary N) is 1. The lowest BCUT2D eigenvalue weighted by Crippen LogP contribution is -2.02. The SMILES string of the molecule is Cc1cc(C)c(-c2ccc(NCC#N)nn2)c(C)c1. The second-order valence-electron chi connectivity index (χ2n) is 4.59. The van der Waals surface area contributed by atoms with Gasteiger partial charge in [-0.3, -0.25) is 0 Å². The maximum atomic E-state index is 8.50. The molecular weight excluding hydrogens is 236 g/mol. The Hall–Kier alpha value is -2.41. The van der Waals surface area contributed by atoms with E-state index in [9.17, 15) is 0 Å². The maximum absolute atomic E-state index is 8.50. The zero-order valence-corrected chi connectivity index (χ0v) is 11.4. The molecule has 0 saturated heterocycles. The minimum Gasteiger partial charge on any atom is -0.356 e. The minimum absolute atomic E-state index is 0.233. The standard InChI is InChI=1S/C15H16N4/c1-10-8-11(2)15(12(3)9-10)13-4-5-14(19-18-13)17-7-6-16/h4-5,8-9H,7H2,1-3H3,(H,17,19). The van der Waals surface area contributed by atoms with Gasteiger partial charge in [0.1, 0.15) is 12.4 Å². The number of rotatable bonds is 3. The molecule has 19 heavy (non-hydrogen) atoms. The molecule has 0 bridgehead atoms. The predicted octanol–water partition coefficient (Wildman–Crippen LogP) is 3.00. The third-order valence-electron chi connectivity index (χ3n) is 2.95. The van der Waals surface area contributed by atoms with Crippen molar-refractivity contribution in [2.45, 2.75) is 20.8 Å². The van der Waals surface area contributed by atoms with E-state index < -0.39 is 0 Å². The lowest BCUT2D eigenvalue weighted by molar-refractivity contribution is 1.02. The van der Waals surface area contributed by atoms with Crippen LogP contribution >= 0.6 is 0 Å². The van der Waals surface area contributed by atoms with E-state index in [0.29, 0.717) is 5.82 Å². The molecule has 1 aromatic carbocycles. The van der Waals surface area contributed by atoms with Crippen LogP contribution in [-0.4, -0.2) is 16.7 Å². The van der Waals surface area contributed by atoms with Gasteiger partial charge in [-0.15, -0.1) is 10.2 Å². The smallest absolute Gasteiger partial charge is 0.149 e. The van der Waals surface area contributed by atoms with Crippen LogP contribution in [0.25, 0.3) is 11.3 Å². The number of aromatic nitrogens is 2. The molecule has 4 heteroatoms. The summed E-state index contributed by atoms with van der Waals surface area (Å²) in [6.07, 6.45) is 0. The number of aryl methyl sites for hydroxylation is 3. The Kier molecular flexibility index (Phi) is 3.76. The molecule has 4 nitrogen and oxygen atoms in total. The van der Waals surface area contributed by atoms with Crippen LogP contribution in [0.2, 0.25) is 0 Å². The Balaban J connectivity index is 2.35. The van der Waals surface area contributed by atoms with Crippen molar-refractivity contribution in [3.05, 3.63) is 41.0 Å². The average molecular weight is 252 g/mol. The molecule has 2 aromatic rings. The summed E-state index contributed by atoms with van der Waals surface area (Å²) in [6, 6.07) is 10.1. The first-order valence-corrected chi connectivity index (χ1v) is 6.14. The fourth-order valence-corrected chi connectivity index (χ4v) is 2.27. The molecule has 1 N–H and O–H groups in total. The summed E-state index contributed by atoms with van der Waals surface area (Å²) in [5, 5.41) is 19.7. The fourth-order valence-electron chi connectivity index (χ4n) is 2.27. The Morgan fingerprint density at radius 3 is 2.32 bits per heavy atom. The number of nitriles is 1. The van der Waals surface area contributed by atoms with Gasteiger partial charge < -0.3 is 5.32 Å². The molecule has 0 spiro atoms. The van der Waals surface area contributed by atoms with Crippen LogP contribution in [0, 0.1) is 32.1 Å². The third kappa shape index (κ3) is 2.89. The summed E-state index contributed by atoms with van der Waals surface area (Å²) >= 11 is 0. The normalized spacial score (nSPS) is 10.0. The highest BCUT2D eigenvalue weighted by Gasteiger charge is 2.08. The minimum atomic E-state index is 0.233. The Morgan fingerprint density at radius 2 is 1.79 bits per heavy atom. The maximum Gasteiger partial charge on any atom is 0.149 e. The van der Waals surface area contributed by atoms with Gasteiger partial charge in [-0.05, 0) is 44.0 Å². The van der Waals surface area contributed by atoms with Gasteiger partial charge in [0.25, 0.3) is 0 Å². The Labute approximate surface area is 113 Å². The average Bonchev–Trinajstić information content (AvgIpc) is 2.36. The lowest BCUT2D eigenvalue weighted by Gasteiger charge is -2.10. The van der Waals surface area contributed by atoms with E-state index in [1.165, 1.54) is 16.7 Å². The van der Waals surface area contributed by atoms with Crippen LogP contribution in [0.5, 0.6) is 0 Å². The van der Waals surface area contributed by atoms with Crippen LogP contribution in [0.4, 0.5) is 5.82 Å². The summed E-state index contributed by atoms with van der Waals surface area (Å²) in [6.45, 7) is 6.48. The molecule has 0 aliphatic heterocycles. The van der Waals surface area contributed by atoms with E-state index >= 15 is 0 Å². The number of hydrogen-bond acceptors (Lipinski definition) is 4. The highest BCUT2D eigenvalue weighted by Crippen LogP contribution is 2.26. The molecule has 0 saturated carbocycles. The molecule has 1 heterocycles. The van der Waals surface area contributed by atoms with Crippen LogP contribution < -0.4 is 5.32 Å². The molecule has 0 fully saturated rings. The zero-order chi connectivity index (χ0) is 13.8. The van der Waals surface area contributed by atoms with Gasteiger partial charge in [-0.1, -0.05) is 17.7 Å². The highest BCUT2D eigenvalue weighted by molar-refractivity contribution is 5.68.